The number of carboxylic acid groups (broad SMARTS) is 1. The molecule has 142 valence electrons. The molecule has 9 heteroatoms. The Kier molecular flexibility index (Phi) is 7.55. The minimum absolute atomic E-state index is 0.329. The van der Waals surface area contributed by atoms with Crippen LogP contribution in [-0.2, 0) is 11.2 Å². The lowest BCUT2D eigenvalue weighted by Gasteiger charge is -2.12. The third kappa shape index (κ3) is 5.79. The topological polar surface area (TPSA) is 114 Å². The van der Waals surface area contributed by atoms with Gasteiger partial charge in [0.25, 0.3) is 5.97 Å². The van der Waals surface area contributed by atoms with Crippen molar-refractivity contribution in [1.82, 2.24) is 14.8 Å². The number of halogens is 1. The first-order chi connectivity index (χ1) is 12.4. The molecule has 26 heavy (non-hydrogen) atoms. The molecule has 1 unspecified atom stereocenters. The molecule has 1 aromatic carbocycles. The van der Waals surface area contributed by atoms with Crippen LogP contribution in [0.15, 0.2) is 29.4 Å². The van der Waals surface area contributed by atoms with Gasteiger partial charge in [0.2, 0.25) is 0 Å². The maximum atomic E-state index is 14.1. The number of carbonyl (C=O) groups is 1. The summed E-state index contributed by atoms with van der Waals surface area (Å²) in [5.41, 5.74) is 6.02. The average Bonchev–Trinajstić information content (AvgIpc) is 3.36. The molecule has 1 aliphatic carbocycles. The fraction of sp³-hybridized carbons (Fsp3) is 0.471. The van der Waals surface area contributed by atoms with Crippen molar-refractivity contribution >= 4 is 17.7 Å². The van der Waals surface area contributed by atoms with Gasteiger partial charge in [0.15, 0.2) is 5.16 Å². The molecule has 0 bridgehead atoms. The van der Waals surface area contributed by atoms with Crippen LogP contribution in [0.1, 0.15) is 25.6 Å². The zero-order chi connectivity index (χ0) is 19.1. The van der Waals surface area contributed by atoms with Crippen molar-refractivity contribution in [3.8, 4) is 5.69 Å². The van der Waals surface area contributed by atoms with E-state index in [-0.39, 0.29) is 11.9 Å². The molecular weight excluding hydrogens is 359 g/mol. The third-order valence-electron chi connectivity index (χ3n) is 3.71. The van der Waals surface area contributed by atoms with Crippen LogP contribution in [0.3, 0.4) is 0 Å². The lowest BCUT2D eigenvalue weighted by molar-refractivity contribution is -0.134. The molecule has 0 amide bonds. The molecule has 4 N–H and O–H groups in total. The van der Waals surface area contributed by atoms with Crippen molar-refractivity contribution < 1.29 is 19.4 Å². The summed E-state index contributed by atoms with van der Waals surface area (Å²) in [6.07, 6.45) is 2.35. The zero-order valence-electron chi connectivity index (χ0n) is 14.5. The van der Waals surface area contributed by atoms with E-state index < -0.39 is 5.97 Å². The maximum absolute atomic E-state index is 14.1. The monoisotopic (exact) mass is 382 g/mol. The molecule has 0 aliphatic heterocycles. The zero-order valence-corrected chi connectivity index (χ0v) is 15.3. The molecule has 0 saturated heterocycles. The Bertz CT molecular complexity index is 733. The molecular formula is C17H23FN4O3S. The average molecular weight is 382 g/mol. The van der Waals surface area contributed by atoms with E-state index in [9.17, 15) is 9.50 Å². The smallest absolute Gasteiger partial charge is 0.300 e. The number of benzene rings is 1. The molecule has 1 saturated carbocycles. The highest BCUT2D eigenvalue weighted by molar-refractivity contribution is 7.99. The van der Waals surface area contributed by atoms with Gasteiger partial charge in [-0.25, -0.2) is 4.39 Å². The highest BCUT2D eigenvalue weighted by Gasteiger charge is 2.30. The highest BCUT2D eigenvalue weighted by atomic mass is 32.2. The Labute approximate surface area is 155 Å². The quantitative estimate of drug-likeness (QED) is 0.626. The Hall–Kier alpha value is -1.97. The van der Waals surface area contributed by atoms with Crippen LogP contribution < -0.4 is 5.73 Å². The lowest BCUT2D eigenvalue weighted by Crippen LogP contribution is -2.14. The first kappa shape index (κ1) is 20.3. The van der Waals surface area contributed by atoms with Gasteiger partial charge in [0.05, 0.1) is 11.8 Å². The van der Waals surface area contributed by atoms with Crippen LogP contribution >= 0.6 is 11.8 Å². The summed E-state index contributed by atoms with van der Waals surface area (Å²) in [6, 6.07) is 6.53. The van der Waals surface area contributed by atoms with Crippen molar-refractivity contribution in [2.45, 2.75) is 37.4 Å². The van der Waals surface area contributed by atoms with Gasteiger partial charge in [-0.1, -0.05) is 23.9 Å². The van der Waals surface area contributed by atoms with Gasteiger partial charge in [-0.2, -0.15) is 0 Å². The van der Waals surface area contributed by atoms with E-state index in [2.05, 4.69) is 10.2 Å². The largest absolute Gasteiger partial charge is 0.481 e. The Morgan fingerprint density at radius 3 is 2.65 bits per heavy atom. The van der Waals surface area contributed by atoms with Crippen LogP contribution in [0.2, 0.25) is 0 Å². The Morgan fingerprint density at radius 1 is 1.42 bits per heavy atom. The van der Waals surface area contributed by atoms with E-state index in [1.54, 1.807) is 22.8 Å². The standard InChI is InChI=1S/C15H19FN4OS.C2H4O2/c16-11-3-1-2-4-12(11)20-14(7-8-17)18-19-15(20)22-9-13(21)10-5-6-10;1-2(3)4/h1-4,10,13,21H,5-9,17H2;1H3,(H,3,4). The lowest BCUT2D eigenvalue weighted by atomic mass is 10.3. The second-order valence-electron chi connectivity index (χ2n) is 5.96. The summed E-state index contributed by atoms with van der Waals surface area (Å²) in [7, 11) is 0. The van der Waals surface area contributed by atoms with Gasteiger partial charge < -0.3 is 15.9 Å². The first-order valence-electron chi connectivity index (χ1n) is 8.33. The van der Waals surface area contributed by atoms with Crippen LogP contribution in [0.5, 0.6) is 0 Å². The number of nitrogens with zero attached hydrogens (tertiary/aromatic N) is 3. The van der Waals surface area contributed by atoms with Crippen molar-refractivity contribution in [1.29, 1.82) is 0 Å². The summed E-state index contributed by atoms with van der Waals surface area (Å²) in [6.45, 7) is 1.50. The van der Waals surface area contributed by atoms with Crippen molar-refractivity contribution in [3.05, 3.63) is 35.9 Å². The number of hydrogen-bond donors (Lipinski definition) is 3. The molecule has 1 aliphatic rings. The number of hydrogen-bond acceptors (Lipinski definition) is 6. The number of aliphatic hydroxyl groups excluding tert-OH is 1. The van der Waals surface area contributed by atoms with Crippen LogP contribution in [0.25, 0.3) is 5.69 Å². The number of nitrogens with two attached hydrogens (primary N) is 1. The van der Waals surface area contributed by atoms with Gasteiger partial charge in [-0.15, -0.1) is 10.2 Å². The van der Waals surface area contributed by atoms with Gasteiger partial charge in [0.1, 0.15) is 11.6 Å². The van der Waals surface area contributed by atoms with Gasteiger partial charge in [-0.3, -0.25) is 9.36 Å². The summed E-state index contributed by atoms with van der Waals surface area (Å²) in [4.78, 5) is 9.00. The van der Waals surface area contributed by atoms with Crippen LogP contribution in [-0.4, -0.2) is 49.3 Å². The normalized spacial score (nSPS) is 14.5. The predicted molar refractivity (Wildman–Crippen MR) is 96.8 cm³/mol. The molecule has 2 aromatic rings. The summed E-state index contributed by atoms with van der Waals surface area (Å²) < 4.78 is 15.8. The Morgan fingerprint density at radius 2 is 2.08 bits per heavy atom. The SMILES string of the molecule is CC(=O)O.NCCc1nnc(SCC(O)C2CC2)n1-c1ccccc1F. The van der Waals surface area contributed by atoms with Crippen LogP contribution in [0, 0.1) is 11.7 Å². The molecule has 0 spiro atoms. The van der Waals surface area contributed by atoms with Gasteiger partial charge >= 0.3 is 0 Å². The molecule has 0 radical (unpaired) electrons. The molecule has 3 rings (SSSR count). The molecule has 1 fully saturated rings. The summed E-state index contributed by atoms with van der Waals surface area (Å²) >= 11 is 1.41. The highest BCUT2D eigenvalue weighted by Crippen LogP contribution is 2.35. The summed E-state index contributed by atoms with van der Waals surface area (Å²) in [5, 5.41) is 26.3. The van der Waals surface area contributed by atoms with E-state index in [4.69, 9.17) is 15.6 Å². The van der Waals surface area contributed by atoms with E-state index in [0.29, 0.717) is 41.3 Å². The number of carboxylic acids is 1. The second kappa shape index (κ2) is 9.65. The predicted octanol–water partition coefficient (Wildman–Crippen LogP) is 1.86. The fourth-order valence-corrected chi connectivity index (χ4v) is 3.36. The molecule has 1 aromatic heterocycles. The van der Waals surface area contributed by atoms with E-state index in [1.165, 1.54) is 17.8 Å². The van der Waals surface area contributed by atoms with Crippen molar-refractivity contribution in [2.75, 3.05) is 12.3 Å². The van der Waals surface area contributed by atoms with Crippen molar-refractivity contribution in [2.24, 2.45) is 11.7 Å². The number of thioether (sulfide) groups is 1. The minimum atomic E-state index is -0.833. The molecule has 1 atom stereocenters. The number of aliphatic hydroxyl groups is 1. The number of rotatable bonds is 7. The van der Waals surface area contributed by atoms with Gasteiger partial charge in [0, 0.05) is 19.1 Å². The van der Waals surface area contributed by atoms with E-state index in [1.807, 2.05) is 0 Å². The van der Waals surface area contributed by atoms with E-state index in [0.717, 1.165) is 19.8 Å². The fourth-order valence-electron chi connectivity index (χ4n) is 2.34. The maximum Gasteiger partial charge on any atom is 0.300 e. The molecule has 7 nitrogen and oxygen atoms in total. The molecule has 1 heterocycles. The van der Waals surface area contributed by atoms with Crippen LogP contribution in [0.4, 0.5) is 4.39 Å². The number of aliphatic carboxylic acids is 1. The minimum Gasteiger partial charge on any atom is -0.481 e. The van der Waals surface area contributed by atoms with Gasteiger partial charge in [-0.05, 0) is 37.4 Å². The number of para-hydroxylation sites is 1. The first-order valence-corrected chi connectivity index (χ1v) is 9.32. The van der Waals surface area contributed by atoms with Crippen molar-refractivity contribution in [3.63, 3.8) is 0 Å². The third-order valence-corrected chi connectivity index (χ3v) is 4.74. The summed E-state index contributed by atoms with van der Waals surface area (Å²) in [5.74, 6) is 0.418. The Balaban J connectivity index is 0.000000552. The second-order valence-corrected chi connectivity index (χ2v) is 6.95. The van der Waals surface area contributed by atoms with E-state index >= 15 is 0 Å². The number of aromatic nitrogens is 3.